The van der Waals surface area contributed by atoms with E-state index in [1.165, 1.54) is 12.1 Å². The fourth-order valence-corrected chi connectivity index (χ4v) is 1.46. The molecule has 0 saturated heterocycles. The van der Waals surface area contributed by atoms with Crippen LogP contribution in [0.5, 0.6) is 5.75 Å². The molecule has 0 fully saturated rings. The fourth-order valence-electron chi connectivity index (χ4n) is 1.24. The molecule has 4 nitrogen and oxygen atoms in total. The Kier molecular flexibility index (Phi) is 4.20. The molecule has 0 atom stereocenters. The number of phenolic OH excluding ortho intramolecular Hbond substituents is 1. The van der Waals surface area contributed by atoms with Crippen molar-refractivity contribution < 1.29 is 14.6 Å². The minimum absolute atomic E-state index is 0.00454. The molecule has 1 N–H and O–H groups in total. The standard InChI is InChI=1S/C11H11NO3S/c1-2-15-11(14)5-7-4-10(16)9(13)3-8(7)6-12/h3-4,13,16H,2,5H2,1H3. The maximum absolute atomic E-state index is 11.3. The number of thiol groups is 1. The molecular weight excluding hydrogens is 226 g/mol. The fraction of sp³-hybridized carbons (Fsp3) is 0.273. The molecule has 16 heavy (non-hydrogen) atoms. The Bertz CT molecular complexity index is 451. The number of carbonyl (C=O) groups is 1. The third kappa shape index (κ3) is 2.91. The van der Waals surface area contributed by atoms with Crippen molar-refractivity contribution >= 4 is 18.6 Å². The Morgan fingerprint density at radius 1 is 1.62 bits per heavy atom. The van der Waals surface area contributed by atoms with Crippen molar-refractivity contribution in [1.82, 2.24) is 0 Å². The number of hydrogen-bond acceptors (Lipinski definition) is 5. The van der Waals surface area contributed by atoms with E-state index in [0.717, 1.165) is 0 Å². The van der Waals surface area contributed by atoms with Gasteiger partial charge in [0.25, 0.3) is 0 Å². The highest BCUT2D eigenvalue weighted by atomic mass is 32.1. The lowest BCUT2D eigenvalue weighted by Crippen LogP contribution is -2.08. The van der Waals surface area contributed by atoms with Gasteiger partial charge in [0.1, 0.15) is 5.75 Å². The molecule has 0 aliphatic rings. The number of benzene rings is 1. The summed E-state index contributed by atoms with van der Waals surface area (Å²) in [6, 6.07) is 4.69. The molecule has 0 unspecified atom stereocenters. The normalized spacial score (nSPS) is 9.56. The highest BCUT2D eigenvalue weighted by molar-refractivity contribution is 7.80. The topological polar surface area (TPSA) is 70.3 Å². The van der Waals surface area contributed by atoms with E-state index in [4.69, 9.17) is 10.00 Å². The zero-order chi connectivity index (χ0) is 12.1. The molecule has 0 heterocycles. The lowest BCUT2D eigenvalue weighted by Gasteiger charge is -2.06. The third-order valence-electron chi connectivity index (χ3n) is 1.96. The molecule has 0 bridgehead atoms. The van der Waals surface area contributed by atoms with Gasteiger partial charge in [0.05, 0.1) is 24.7 Å². The summed E-state index contributed by atoms with van der Waals surface area (Å²) in [5.74, 6) is -0.482. The summed E-state index contributed by atoms with van der Waals surface area (Å²) in [7, 11) is 0. The number of rotatable bonds is 3. The van der Waals surface area contributed by atoms with Crippen LogP contribution in [-0.2, 0) is 16.0 Å². The van der Waals surface area contributed by atoms with Crippen LogP contribution in [0, 0.1) is 11.3 Å². The molecule has 1 aromatic rings. The van der Waals surface area contributed by atoms with Crippen molar-refractivity contribution in [2.45, 2.75) is 18.2 Å². The molecule has 1 rings (SSSR count). The summed E-state index contributed by atoms with van der Waals surface area (Å²) in [6.07, 6.45) is 0.00454. The minimum Gasteiger partial charge on any atom is -0.507 e. The summed E-state index contributed by atoms with van der Waals surface area (Å²) < 4.78 is 4.78. The highest BCUT2D eigenvalue weighted by Gasteiger charge is 2.11. The molecule has 1 aromatic carbocycles. The van der Waals surface area contributed by atoms with Crippen molar-refractivity contribution in [3.63, 3.8) is 0 Å². The zero-order valence-electron chi connectivity index (χ0n) is 8.73. The molecule has 0 radical (unpaired) electrons. The molecule has 0 aliphatic heterocycles. The van der Waals surface area contributed by atoms with E-state index in [1.807, 2.05) is 6.07 Å². The van der Waals surface area contributed by atoms with Gasteiger partial charge in [-0.3, -0.25) is 4.79 Å². The predicted octanol–water partition coefficient (Wildman–Crippen LogP) is 1.66. The molecule has 0 aromatic heterocycles. The van der Waals surface area contributed by atoms with Crippen molar-refractivity contribution in [3.8, 4) is 11.8 Å². The molecule has 0 saturated carbocycles. The van der Waals surface area contributed by atoms with Crippen LogP contribution in [0.15, 0.2) is 17.0 Å². The minimum atomic E-state index is -0.405. The Morgan fingerprint density at radius 3 is 2.88 bits per heavy atom. The first-order valence-electron chi connectivity index (χ1n) is 4.69. The summed E-state index contributed by atoms with van der Waals surface area (Å²) in [4.78, 5) is 11.6. The summed E-state index contributed by atoms with van der Waals surface area (Å²) in [6.45, 7) is 2.01. The first-order valence-corrected chi connectivity index (χ1v) is 5.13. The van der Waals surface area contributed by atoms with Crippen molar-refractivity contribution in [2.24, 2.45) is 0 Å². The molecule has 84 valence electrons. The van der Waals surface area contributed by atoms with Crippen LogP contribution >= 0.6 is 12.6 Å². The van der Waals surface area contributed by atoms with Gasteiger partial charge >= 0.3 is 5.97 Å². The highest BCUT2D eigenvalue weighted by Crippen LogP contribution is 2.25. The number of esters is 1. The number of aromatic hydroxyl groups is 1. The van der Waals surface area contributed by atoms with Gasteiger partial charge in [-0.2, -0.15) is 5.26 Å². The van der Waals surface area contributed by atoms with Crippen LogP contribution in [0.3, 0.4) is 0 Å². The number of nitriles is 1. The molecule has 5 heteroatoms. The van der Waals surface area contributed by atoms with Crippen molar-refractivity contribution in [3.05, 3.63) is 23.3 Å². The Hall–Kier alpha value is -1.67. The van der Waals surface area contributed by atoms with Gasteiger partial charge in [-0.25, -0.2) is 0 Å². The quantitative estimate of drug-likeness (QED) is 0.619. The molecular formula is C11H11NO3S. The van der Waals surface area contributed by atoms with Crippen LogP contribution in [-0.4, -0.2) is 17.7 Å². The second-order valence-electron chi connectivity index (χ2n) is 3.09. The first-order chi connectivity index (χ1) is 7.58. The smallest absolute Gasteiger partial charge is 0.310 e. The van der Waals surface area contributed by atoms with E-state index in [2.05, 4.69) is 12.6 Å². The van der Waals surface area contributed by atoms with E-state index in [9.17, 15) is 9.90 Å². The number of carbonyl (C=O) groups excluding carboxylic acids is 1. The number of ether oxygens (including phenoxy) is 1. The Balaban J connectivity index is 3.00. The summed E-state index contributed by atoms with van der Waals surface area (Å²) in [5, 5.41) is 18.2. The van der Waals surface area contributed by atoms with Gasteiger partial charge in [-0.15, -0.1) is 12.6 Å². The SMILES string of the molecule is CCOC(=O)Cc1cc(S)c(O)cc1C#N. The van der Waals surface area contributed by atoms with Crippen LogP contribution < -0.4 is 0 Å². The number of nitrogens with zero attached hydrogens (tertiary/aromatic N) is 1. The monoisotopic (exact) mass is 237 g/mol. The van der Waals surface area contributed by atoms with Gasteiger partial charge in [0, 0.05) is 4.90 Å². The Labute approximate surface area is 98.9 Å². The average molecular weight is 237 g/mol. The Morgan fingerprint density at radius 2 is 2.31 bits per heavy atom. The second-order valence-corrected chi connectivity index (χ2v) is 3.57. The summed E-state index contributed by atoms with van der Waals surface area (Å²) >= 11 is 4.02. The van der Waals surface area contributed by atoms with Gasteiger partial charge in [-0.05, 0) is 24.6 Å². The zero-order valence-corrected chi connectivity index (χ0v) is 9.62. The van der Waals surface area contributed by atoms with E-state index in [1.54, 1.807) is 6.92 Å². The van der Waals surface area contributed by atoms with Crippen LogP contribution in [0.1, 0.15) is 18.1 Å². The molecule has 0 amide bonds. The van der Waals surface area contributed by atoms with E-state index in [0.29, 0.717) is 17.1 Å². The van der Waals surface area contributed by atoms with Gasteiger partial charge in [0.2, 0.25) is 0 Å². The van der Waals surface area contributed by atoms with E-state index < -0.39 is 5.97 Å². The second kappa shape index (κ2) is 5.42. The van der Waals surface area contributed by atoms with Crippen LogP contribution in [0.2, 0.25) is 0 Å². The largest absolute Gasteiger partial charge is 0.507 e. The lowest BCUT2D eigenvalue weighted by atomic mass is 10.1. The van der Waals surface area contributed by atoms with Crippen molar-refractivity contribution in [2.75, 3.05) is 6.61 Å². The van der Waals surface area contributed by atoms with E-state index in [-0.39, 0.29) is 17.7 Å². The third-order valence-corrected chi connectivity index (χ3v) is 2.32. The van der Waals surface area contributed by atoms with Crippen LogP contribution in [0.25, 0.3) is 0 Å². The number of phenols is 1. The predicted molar refractivity (Wildman–Crippen MR) is 60.4 cm³/mol. The molecule has 0 spiro atoms. The average Bonchev–Trinajstić information content (AvgIpc) is 2.23. The summed E-state index contributed by atoms with van der Waals surface area (Å²) in [5.41, 5.74) is 0.757. The maximum atomic E-state index is 11.3. The van der Waals surface area contributed by atoms with Gasteiger partial charge in [-0.1, -0.05) is 0 Å². The van der Waals surface area contributed by atoms with Gasteiger partial charge < -0.3 is 9.84 Å². The maximum Gasteiger partial charge on any atom is 0.310 e. The van der Waals surface area contributed by atoms with Crippen LogP contribution in [0.4, 0.5) is 0 Å². The molecule has 0 aliphatic carbocycles. The number of hydrogen-bond donors (Lipinski definition) is 2. The first kappa shape index (κ1) is 12.4. The van der Waals surface area contributed by atoms with E-state index >= 15 is 0 Å². The lowest BCUT2D eigenvalue weighted by molar-refractivity contribution is -0.142. The van der Waals surface area contributed by atoms with Gasteiger partial charge in [0.15, 0.2) is 0 Å². The van der Waals surface area contributed by atoms with Crippen molar-refractivity contribution in [1.29, 1.82) is 5.26 Å².